The van der Waals surface area contributed by atoms with Gasteiger partial charge >= 0.3 is 0 Å². The lowest BCUT2D eigenvalue weighted by atomic mass is 10.1. The molecule has 0 amide bonds. The van der Waals surface area contributed by atoms with Gasteiger partial charge in [-0.1, -0.05) is 0 Å². The zero-order chi connectivity index (χ0) is 12.3. The standard InChI is InChI=1S/C13H14N4/c1-3-4-10(2)17-9-16-8-13(17)11-7-15-6-5-12(11)14/h1,5-10H,4H2,2H3,(H2,14,15). The number of nitrogens with zero attached hydrogens (tertiary/aromatic N) is 3. The van der Waals surface area contributed by atoms with Crippen molar-refractivity contribution >= 4 is 5.69 Å². The molecule has 0 fully saturated rings. The summed E-state index contributed by atoms with van der Waals surface area (Å²) < 4.78 is 2.02. The molecule has 0 radical (unpaired) electrons. The fourth-order valence-corrected chi connectivity index (χ4v) is 1.75. The van der Waals surface area contributed by atoms with E-state index in [0.29, 0.717) is 12.1 Å². The molecule has 0 saturated heterocycles. The molecule has 1 atom stereocenters. The van der Waals surface area contributed by atoms with Crippen molar-refractivity contribution in [3.05, 3.63) is 31.0 Å². The van der Waals surface area contributed by atoms with Gasteiger partial charge in [0, 0.05) is 36.1 Å². The molecule has 4 heteroatoms. The van der Waals surface area contributed by atoms with Gasteiger partial charge < -0.3 is 10.3 Å². The van der Waals surface area contributed by atoms with Crippen molar-refractivity contribution in [2.45, 2.75) is 19.4 Å². The van der Waals surface area contributed by atoms with Crippen LogP contribution in [0.2, 0.25) is 0 Å². The second-order valence-electron chi connectivity index (χ2n) is 3.91. The van der Waals surface area contributed by atoms with Gasteiger partial charge in [0.25, 0.3) is 0 Å². The minimum absolute atomic E-state index is 0.192. The summed E-state index contributed by atoms with van der Waals surface area (Å²) in [5.41, 5.74) is 8.45. The zero-order valence-electron chi connectivity index (χ0n) is 9.67. The van der Waals surface area contributed by atoms with Gasteiger partial charge in [0.05, 0.1) is 18.2 Å². The highest BCUT2D eigenvalue weighted by Crippen LogP contribution is 2.27. The third-order valence-corrected chi connectivity index (χ3v) is 2.68. The Bertz CT molecular complexity index is 551. The summed E-state index contributed by atoms with van der Waals surface area (Å²) >= 11 is 0. The van der Waals surface area contributed by atoms with Gasteiger partial charge in [0.2, 0.25) is 0 Å². The summed E-state index contributed by atoms with van der Waals surface area (Å²) in [4.78, 5) is 8.24. The van der Waals surface area contributed by atoms with Gasteiger partial charge in [-0.05, 0) is 13.0 Å². The van der Waals surface area contributed by atoms with Crippen LogP contribution in [-0.4, -0.2) is 14.5 Å². The first kappa shape index (κ1) is 11.2. The number of aromatic nitrogens is 3. The lowest BCUT2D eigenvalue weighted by Gasteiger charge is -2.14. The van der Waals surface area contributed by atoms with Crippen LogP contribution in [0.4, 0.5) is 5.69 Å². The van der Waals surface area contributed by atoms with Crippen molar-refractivity contribution in [3.63, 3.8) is 0 Å². The topological polar surface area (TPSA) is 56.7 Å². The molecule has 2 rings (SSSR count). The van der Waals surface area contributed by atoms with E-state index in [4.69, 9.17) is 12.2 Å². The van der Waals surface area contributed by atoms with E-state index in [1.165, 1.54) is 0 Å². The normalized spacial score (nSPS) is 12.0. The SMILES string of the molecule is C#CCC(C)n1cncc1-c1cnccc1N. The Kier molecular flexibility index (Phi) is 3.10. The fourth-order valence-electron chi connectivity index (χ4n) is 1.75. The van der Waals surface area contributed by atoms with E-state index in [-0.39, 0.29) is 6.04 Å². The Morgan fingerprint density at radius 2 is 2.29 bits per heavy atom. The van der Waals surface area contributed by atoms with Crippen LogP contribution in [0, 0.1) is 12.3 Å². The van der Waals surface area contributed by atoms with Gasteiger partial charge in [-0.2, -0.15) is 0 Å². The predicted molar refractivity (Wildman–Crippen MR) is 68.0 cm³/mol. The van der Waals surface area contributed by atoms with Gasteiger partial charge in [0.15, 0.2) is 0 Å². The van der Waals surface area contributed by atoms with Crippen molar-refractivity contribution in [1.82, 2.24) is 14.5 Å². The molecule has 0 aromatic carbocycles. The summed E-state index contributed by atoms with van der Waals surface area (Å²) in [5, 5.41) is 0. The second-order valence-corrected chi connectivity index (χ2v) is 3.91. The number of hydrogen-bond acceptors (Lipinski definition) is 3. The Morgan fingerprint density at radius 1 is 1.47 bits per heavy atom. The Balaban J connectivity index is 2.45. The summed E-state index contributed by atoms with van der Waals surface area (Å²) in [7, 11) is 0. The second kappa shape index (κ2) is 4.71. The molecule has 2 aromatic rings. The van der Waals surface area contributed by atoms with Crippen molar-refractivity contribution in [2.75, 3.05) is 5.73 Å². The highest BCUT2D eigenvalue weighted by molar-refractivity contribution is 5.72. The first-order valence-electron chi connectivity index (χ1n) is 5.39. The van der Waals surface area contributed by atoms with Crippen molar-refractivity contribution in [2.24, 2.45) is 0 Å². The number of imidazole rings is 1. The van der Waals surface area contributed by atoms with Crippen molar-refractivity contribution in [1.29, 1.82) is 0 Å². The Morgan fingerprint density at radius 3 is 3.00 bits per heavy atom. The van der Waals surface area contributed by atoms with Crippen LogP contribution in [0.3, 0.4) is 0 Å². The van der Waals surface area contributed by atoms with Crippen LogP contribution in [-0.2, 0) is 0 Å². The number of rotatable bonds is 3. The number of terminal acetylenes is 1. The monoisotopic (exact) mass is 226 g/mol. The van der Waals surface area contributed by atoms with E-state index < -0.39 is 0 Å². The number of anilines is 1. The summed E-state index contributed by atoms with van der Waals surface area (Å²) in [6, 6.07) is 1.97. The summed E-state index contributed by atoms with van der Waals surface area (Å²) in [6.45, 7) is 2.05. The van der Waals surface area contributed by atoms with Crippen LogP contribution in [0.25, 0.3) is 11.3 Å². The molecule has 2 aromatic heterocycles. The van der Waals surface area contributed by atoms with E-state index in [2.05, 4.69) is 22.8 Å². The molecule has 0 aliphatic carbocycles. The van der Waals surface area contributed by atoms with Crippen LogP contribution in [0.1, 0.15) is 19.4 Å². The Labute approximate surface area is 101 Å². The van der Waals surface area contributed by atoms with Crippen molar-refractivity contribution in [3.8, 4) is 23.6 Å². The van der Waals surface area contributed by atoms with E-state index in [9.17, 15) is 0 Å². The van der Waals surface area contributed by atoms with Gasteiger partial charge in [-0.15, -0.1) is 12.3 Å². The third kappa shape index (κ3) is 2.13. The number of pyridine rings is 1. The lowest BCUT2D eigenvalue weighted by Crippen LogP contribution is -2.05. The van der Waals surface area contributed by atoms with Crippen LogP contribution < -0.4 is 5.73 Å². The maximum Gasteiger partial charge on any atom is 0.0953 e. The third-order valence-electron chi connectivity index (χ3n) is 2.68. The lowest BCUT2D eigenvalue weighted by molar-refractivity contribution is 0.567. The van der Waals surface area contributed by atoms with Crippen LogP contribution in [0.5, 0.6) is 0 Å². The highest BCUT2D eigenvalue weighted by Gasteiger charge is 2.12. The number of nitrogen functional groups attached to an aromatic ring is 1. The molecule has 86 valence electrons. The zero-order valence-corrected chi connectivity index (χ0v) is 9.67. The molecule has 2 N–H and O–H groups in total. The molecule has 0 saturated carbocycles. The average Bonchev–Trinajstić information content (AvgIpc) is 2.79. The fraction of sp³-hybridized carbons (Fsp3) is 0.231. The average molecular weight is 226 g/mol. The Hall–Kier alpha value is -2.28. The van der Waals surface area contributed by atoms with Gasteiger partial charge in [-0.3, -0.25) is 4.98 Å². The molecular weight excluding hydrogens is 212 g/mol. The predicted octanol–water partition coefficient (Wildman–Crippen LogP) is 2.11. The maximum absolute atomic E-state index is 5.93. The highest BCUT2D eigenvalue weighted by atomic mass is 15.1. The molecule has 0 spiro atoms. The van der Waals surface area contributed by atoms with Crippen LogP contribution in [0.15, 0.2) is 31.0 Å². The quantitative estimate of drug-likeness (QED) is 0.815. The van der Waals surface area contributed by atoms with E-state index in [1.807, 2.05) is 4.57 Å². The molecular formula is C13H14N4. The van der Waals surface area contributed by atoms with Crippen LogP contribution >= 0.6 is 0 Å². The molecule has 1 unspecified atom stereocenters. The number of hydrogen-bond donors (Lipinski definition) is 1. The van der Waals surface area contributed by atoms with E-state index >= 15 is 0 Å². The maximum atomic E-state index is 5.93. The molecule has 0 bridgehead atoms. The number of nitrogens with two attached hydrogens (primary N) is 1. The minimum atomic E-state index is 0.192. The molecule has 4 nitrogen and oxygen atoms in total. The molecule has 0 aliphatic heterocycles. The van der Waals surface area contributed by atoms with Gasteiger partial charge in [0.1, 0.15) is 0 Å². The van der Waals surface area contributed by atoms with E-state index in [1.54, 1.807) is 31.0 Å². The first-order valence-corrected chi connectivity index (χ1v) is 5.39. The molecule has 17 heavy (non-hydrogen) atoms. The molecule has 0 aliphatic rings. The summed E-state index contributed by atoms with van der Waals surface area (Å²) in [5.74, 6) is 2.65. The molecule has 2 heterocycles. The largest absolute Gasteiger partial charge is 0.398 e. The minimum Gasteiger partial charge on any atom is -0.398 e. The van der Waals surface area contributed by atoms with Gasteiger partial charge in [-0.25, -0.2) is 4.98 Å². The smallest absolute Gasteiger partial charge is 0.0953 e. The van der Waals surface area contributed by atoms with Crippen molar-refractivity contribution < 1.29 is 0 Å². The first-order chi connectivity index (χ1) is 8.24. The summed E-state index contributed by atoms with van der Waals surface area (Å²) in [6.07, 6.45) is 12.9. The van der Waals surface area contributed by atoms with E-state index in [0.717, 1.165) is 11.3 Å².